The molecule has 0 bridgehead atoms. The van der Waals surface area contributed by atoms with Gasteiger partial charge in [-0.25, -0.2) is 0 Å². The Labute approximate surface area is 119 Å². The lowest BCUT2D eigenvalue weighted by Crippen LogP contribution is -2.01. The fourth-order valence-corrected chi connectivity index (χ4v) is 2.52. The van der Waals surface area contributed by atoms with Crippen molar-refractivity contribution in [3.63, 3.8) is 0 Å². The van der Waals surface area contributed by atoms with Gasteiger partial charge in [0.1, 0.15) is 0 Å². The summed E-state index contributed by atoms with van der Waals surface area (Å²) >= 11 is 0. The highest BCUT2D eigenvalue weighted by Gasteiger charge is 2.08. The number of aromatic nitrogens is 1. The first-order valence-electron chi connectivity index (χ1n) is 7.00. The van der Waals surface area contributed by atoms with E-state index in [0.717, 1.165) is 23.4 Å². The van der Waals surface area contributed by atoms with Gasteiger partial charge >= 0.3 is 0 Å². The Morgan fingerprint density at radius 3 is 2.65 bits per heavy atom. The first-order valence-corrected chi connectivity index (χ1v) is 7.00. The zero-order valence-electron chi connectivity index (χ0n) is 11.6. The maximum atomic E-state index is 5.78. The van der Waals surface area contributed by atoms with Crippen LogP contribution in [0, 0.1) is 0 Å². The van der Waals surface area contributed by atoms with E-state index >= 15 is 0 Å². The number of rotatable bonds is 3. The van der Waals surface area contributed by atoms with Crippen LogP contribution in [0.5, 0.6) is 0 Å². The minimum absolute atomic E-state index is 0.464. The average molecular weight is 262 g/mol. The van der Waals surface area contributed by atoms with Crippen LogP contribution in [0.15, 0.2) is 54.6 Å². The van der Waals surface area contributed by atoms with Gasteiger partial charge in [-0.3, -0.25) is 4.98 Å². The van der Waals surface area contributed by atoms with E-state index in [1.54, 1.807) is 0 Å². The summed E-state index contributed by atoms with van der Waals surface area (Å²) < 4.78 is 0. The zero-order valence-corrected chi connectivity index (χ0v) is 11.6. The van der Waals surface area contributed by atoms with E-state index in [0.29, 0.717) is 6.54 Å². The molecule has 0 aliphatic carbocycles. The molecule has 0 unspecified atom stereocenters. The molecule has 2 N–H and O–H groups in total. The first-order chi connectivity index (χ1) is 9.81. The summed E-state index contributed by atoms with van der Waals surface area (Å²) in [6, 6.07) is 19.0. The molecule has 0 aliphatic heterocycles. The number of fused-ring (bicyclic) bond motifs is 1. The molecule has 20 heavy (non-hydrogen) atoms. The molecule has 0 aliphatic rings. The lowest BCUT2D eigenvalue weighted by atomic mass is 10.0. The summed E-state index contributed by atoms with van der Waals surface area (Å²) in [5.41, 5.74) is 10.2. The van der Waals surface area contributed by atoms with E-state index in [1.807, 2.05) is 0 Å². The van der Waals surface area contributed by atoms with Crippen LogP contribution in [0.1, 0.15) is 18.2 Å². The molecule has 3 aromatic rings. The third kappa shape index (κ3) is 2.30. The smallest absolute Gasteiger partial charge is 0.0784 e. The van der Waals surface area contributed by atoms with Gasteiger partial charge in [-0.2, -0.15) is 0 Å². The van der Waals surface area contributed by atoms with Crippen LogP contribution in [0.25, 0.3) is 22.0 Å². The SMILES string of the molecule is CCc1cccc(-c2nc(CN)cc3ccccc23)c1. The summed E-state index contributed by atoms with van der Waals surface area (Å²) in [5, 5.41) is 2.37. The predicted octanol–water partition coefficient (Wildman–Crippen LogP) is 3.92. The van der Waals surface area contributed by atoms with Gasteiger partial charge in [-0.1, -0.05) is 49.4 Å². The van der Waals surface area contributed by atoms with Crippen LogP contribution in [0.2, 0.25) is 0 Å². The Morgan fingerprint density at radius 1 is 1.00 bits per heavy atom. The molecule has 0 fully saturated rings. The van der Waals surface area contributed by atoms with Crippen LogP contribution < -0.4 is 5.73 Å². The molecule has 1 aromatic heterocycles. The number of nitrogens with zero attached hydrogens (tertiary/aromatic N) is 1. The molecule has 1 heterocycles. The average Bonchev–Trinajstić information content (AvgIpc) is 2.53. The Balaban J connectivity index is 2.28. The van der Waals surface area contributed by atoms with Crippen molar-refractivity contribution in [3.8, 4) is 11.3 Å². The van der Waals surface area contributed by atoms with Gasteiger partial charge in [0.15, 0.2) is 0 Å². The standard InChI is InChI=1S/C18H18N2/c1-2-13-6-5-8-15(10-13)18-17-9-4-3-7-14(17)11-16(12-19)20-18/h3-11H,2,12,19H2,1H3. The van der Waals surface area contributed by atoms with Crippen molar-refractivity contribution < 1.29 is 0 Å². The van der Waals surface area contributed by atoms with Gasteiger partial charge in [0.05, 0.1) is 11.4 Å². The summed E-state index contributed by atoms with van der Waals surface area (Å²) in [7, 11) is 0. The highest BCUT2D eigenvalue weighted by Crippen LogP contribution is 2.28. The van der Waals surface area contributed by atoms with Crippen molar-refractivity contribution in [2.75, 3.05) is 0 Å². The van der Waals surface area contributed by atoms with E-state index in [9.17, 15) is 0 Å². The van der Waals surface area contributed by atoms with E-state index in [4.69, 9.17) is 10.7 Å². The quantitative estimate of drug-likeness (QED) is 0.777. The van der Waals surface area contributed by atoms with Gasteiger partial charge < -0.3 is 5.73 Å². The molecule has 2 heteroatoms. The largest absolute Gasteiger partial charge is 0.325 e. The molecule has 0 atom stereocenters. The Bertz CT molecular complexity index is 747. The van der Waals surface area contributed by atoms with Gasteiger partial charge in [-0.05, 0) is 29.5 Å². The number of benzene rings is 2. The Kier molecular flexibility index (Phi) is 3.48. The van der Waals surface area contributed by atoms with Gasteiger partial charge in [0.2, 0.25) is 0 Å². The lowest BCUT2D eigenvalue weighted by molar-refractivity contribution is 1.000. The molecule has 0 spiro atoms. The molecule has 2 aromatic carbocycles. The normalized spacial score (nSPS) is 10.9. The maximum Gasteiger partial charge on any atom is 0.0784 e. The second-order valence-electron chi connectivity index (χ2n) is 4.94. The molecular weight excluding hydrogens is 244 g/mol. The maximum absolute atomic E-state index is 5.78. The van der Waals surface area contributed by atoms with Crippen molar-refractivity contribution in [2.24, 2.45) is 5.73 Å². The minimum Gasteiger partial charge on any atom is -0.325 e. The molecule has 2 nitrogen and oxygen atoms in total. The third-order valence-corrected chi connectivity index (χ3v) is 3.61. The Morgan fingerprint density at radius 2 is 1.85 bits per heavy atom. The summed E-state index contributed by atoms with van der Waals surface area (Å²) in [5.74, 6) is 0. The van der Waals surface area contributed by atoms with Crippen molar-refractivity contribution in [2.45, 2.75) is 19.9 Å². The van der Waals surface area contributed by atoms with E-state index in [2.05, 4.69) is 61.5 Å². The molecule has 3 rings (SSSR count). The topological polar surface area (TPSA) is 38.9 Å². The molecule has 0 radical (unpaired) electrons. The van der Waals surface area contributed by atoms with Crippen LogP contribution in [-0.4, -0.2) is 4.98 Å². The molecule has 0 saturated heterocycles. The van der Waals surface area contributed by atoms with Crippen molar-refractivity contribution in [1.29, 1.82) is 0 Å². The van der Waals surface area contributed by atoms with Gasteiger partial charge in [0.25, 0.3) is 0 Å². The minimum atomic E-state index is 0.464. The van der Waals surface area contributed by atoms with E-state index in [-0.39, 0.29) is 0 Å². The van der Waals surface area contributed by atoms with Gasteiger partial charge in [-0.15, -0.1) is 0 Å². The summed E-state index contributed by atoms with van der Waals surface area (Å²) in [4.78, 5) is 4.74. The summed E-state index contributed by atoms with van der Waals surface area (Å²) in [6.07, 6.45) is 1.03. The van der Waals surface area contributed by atoms with Crippen LogP contribution >= 0.6 is 0 Å². The molecule has 0 amide bonds. The zero-order chi connectivity index (χ0) is 13.9. The van der Waals surface area contributed by atoms with Crippen LogP contribution in [0.4, 0.5) is 0 Å². The number of hydrogen-bond donors (Lipinski definition) is 1. The van der Waals surface area contributed by atoms with Crippen molar-refractivity contribution >= 4 is 10.8 Å². The third-order valence-electron chi connectivity index (χ3n) is 3.61. The summed E-state index contributed by atoms with van der Waals surface area (Å²) in [6.45, 7) is 2.63. The second kappa shape index (κ2) is 5.43. The van der Waals surface area contributed by atoms with Crippen molar-refractivity contribution in [1.82, 2.24) is 4.98 Å². The van der Waals surface area contributed by atoms with Crippen LogP contribution in [-0.2, 0) is 13.0 Å². The molecular formula is C18H18N2. The number of hydrogen-bond acceptors (Lipinski definition) is 2. The highest BCUT2D eigenvalue weighted by molar-refractivity contribution is 5.94. The predicted molar refractivity (Wildman–Crippen MR) is 84.4 cm³/mol. The second-order valence-corrected chi connectivity index (χ2v) is 4.94. The fourth-order valence-electron chi connectivity index (χ4n) is 2.52. The van der Waals surface area contributed by atoms with E-state index in [1.165, 1.54) is 16.3 Å². The number of nitrogens with two attached hydrogens (primary N) is 1. The molecule has 100 valence electrons. The monoisotopic (exact) mass is 262 g/mol. The van der Waals surface area contributed by atoms with Crippen LogP contribution in [0.3, 0.4) is 0 Å². The first kappa shape index (κ1) is 12.8. The number of aryl methyl sites for hydroxylation is 1. The molecule has 0 saturated carbocycles. The highest BCUT2D eigenvalue weighted by atomic mass is 14.7. The van der Waals surface area contributed by atoms with E-state index < -0.39 is 0 Å². The Hall–Kier alpha value is -2.19. The lowest BCUT2D eigenvalue weighted by Gasteiger charge is -2.10. The van der Waals surface area contributed by atoms with Crippen molar-refractivity contribution in [3.05, 3.63) is 65.9 Å². The van der Waals surface area contributed by atoms with Gasteiger partial charge in [0, 0.05) is 17.5 Å². The fraction of sp³-hybridized carbons (Fsp3) is 0.167. The number of pyridine rings is 1.